The number of amides is 1. The van der Waals surface area contributed by atoms with Crippen LogP contribution in [0.25, 0.3) is 0 Å². The smallest absolute Gasteiger partial charge is 0.230 e. The topological polar surface area (TPSA) is 72.2 Å². The normalized spacial score (nSPS) is 46.4. The summed E-state index contributed by atoms with van der Waals surface area (Å²) in [5.74, 6) is 2.36. The molecule has 5 fully saturated rings. The SMILES string of the molecule is O=C(NCCC12CC3CC(CC(C3)C1)C2)[C@H]1C[C@H]1[N+](=O)[O-]. The third-order valence-electron chi connectivity index (χ3n) is 6.48. The van der Waals surface area contributed by atoms with Gasteiger partial charge in [0.1, 0.15) is 5.92 Å². The van der Waals surface area contributed by atoms with Gasteiger partial charge in [0.05, 0.1) is 0 Å². The highest BCUT2D eigenvalue weighted by Crippen LogP contribution is 2.61. The Hall–Kier alpha value is -1.13. The Morgan fingerprint density at radius 3 is 2.14 bits per heavy atom. The molecule has 0 radical (unpaired) electrons. The Kier molecular flexibility index (Phi) is 3.02. The van der Waals surface area contributed by atoms with Crippen LogP contribution in [0.5, 0.6) is 0 Å². The number of carbonyl (C=O) groups is 1. The minimum Gasteiger partial charge on any atom is -0.356 e. The van der Waals surface area contributed by atoms with Crippen LogP contribution in [0.3, 0.4) is 0 Å². The van der Waals surface area contributed by atoms with Crippen LogP contribution in [0.2, 0.25) is 0 Å². The van der Waals surface area contributed by atoms with Crippen LogP contribution in [0.1, 0.15) is 51.4 Å². The highest BCUT2D eigenvalue weighted by atomic mass is 16.6. The molecule has 5 rings (SSSR count). The van der Waals surface area contributed by atoms with Crippen molar-refractivity contribution in [2.75, 3.05) is 6.54 Å². The second-order valence-electron chi connectivity index (χ2n) is 8.15. The molecule has 4 bridgehead atoms. The lowest BCUT2D eigenvalue weighted by Gasteiger charge is -2.57. The van der Waals surface area contributed by atoms with E-state index in [0.29, 0.717) is 18.4 Å². The van der Waals surface area contributed by atoms with Gasteiger partial charge in [-0.3, -0.25) is 14.9 Å². The molecule has 0 aliphatic heterocycles. The van der Waals surface area contributed by atoms with Crippen molar-refractivity contribution in [2.24, 2.45) is 29.1 Å². The molecule has 0 spiro atoms. The van der Waals surface area contributed by atoms with Crippen LogP contribution in [0, 0.1) is 39.2 Å². The van der Waals surface area contributed by atoms with E-state index in [1.807, 2.05) is 0 Å². The van der Waals surface area contributed by atoms with Crippen LogP contribution in [0.4, 0.5) is 0 Å². The van der Waals surface area contributed by atoms with Crippen molar-refractivity contribution in [2.45, 2.75) is 57.4 Å². The summed E-state index contributed by atoms with van der Waals surface area (Å²) in [6.07, 6.45) is 9.91. The maximum Gasteiger partial charge on any atom is 0.230 e. The van der Waals surface area contributed by atoms with E-state index < -0.39 is 6.04 Å². The molecule has 0 aromatic carbocycles. The highest BCUT2D eigenvalue weighted by Gasteiger charge is 2.54. The lowest BCUT2D eigenvalue weighted by molar-refractivity contribution is -0.497. The van der Waals surface area contributed by atoms with Gasteiger partial charge in [0.25, 0.3) is 0 Å². The van der Waals surface area contributed by atoms with Gasteiger partial charge in [0.15, 0.2) is 0 Å². The van der Waals surface area contributed by atoms with Gasteiger partial charge in [-0.2, -0.15) is 0 Å². The molecule has 0 unspecified atom stereocenters. The quantitative estimate of drug-likeness (QED) is 0.624. The van der Waals surface area contributed by atoms with Crippen molar-refractivity contribution in [1.82, 2.24) is 5.32 Å². The monoisotopic (exact) mass is 292 g/mol. The first-order valence-corrected chi connectivity index (χ1v) is 8.46. The summed E-state index contributed by atoms with van der Waals surface area (Å²) in [5.41, 5.74) is 0.480. The van der Waals surface area contributed by atoms with E-state index in [1.165, 1.54) is 38.5 Å². The second kappa shape index (κ2) is 4.68. The summed E-state index contributed by atoms with van der Waals surface area (Å²) in [4.78, 5) is 22.2. The second-order valence-corrected chi connectivity index (χ2v) is 8.15. The van der Waals surface area contributed by atoms with Crippen molar-refractivity contribution < 1.29 is 9.72 Å². The van der Waals surface area contributed by atoms with Crippen LogP contribution < -0.4 is 5.32 Å². The molecule has 116 valence electrons. The summed E-state index contributed by atoms with van der Waals surface area (Å²) < 4.78 is 0. The van der Waals surface area contributed by atoms with Gasteiger partial charge in [-0.1, -0.05) is 0 Å². The van der Waals surface area contributed by atoms with Gasteiger partial charge in [-0.05, 0) is 68.1 Å². The molecule has 5 aliphatic rings. The average molecular weight is 292 g/mol. The van der Waals surface area contributed by atoms with Gasteiger partial charge in [0, 0.05) is 17.9 Å². The molecular formula is C16H24N2O3. The lowest BCUT2D eigenvalue weighted by Crippen LogP contribution is -2.47. The molecule has 21 heavy (non-hydrogen) atoms. The first kappa shape index (κ1) is 13.5. The molecule has 5 nitrogen and oxygen atoms in total. The predicted octanol–water partition coefficient (Wildman–Crippen LogP) is 2.37. The number of nitrogens with one attached hydrogen (secondary N) is 1. The van der Waals surface area contributed by atoms with E-state index >= 15 is 0 Å². The number of hydrogen-bond donors (Lipinski definition) is 1. The lowest BCUT2D eigenvalue weighted by atomic mass is 9.49. The Balaban J connectivity index is 1.28. The van der Waals surface area contributed by atoms with E-state index in [4.69, 9.17) is 0 Å². The maximum atomic E-state index is 11.9. The van der Waals surface area contributed by atoms with Gasteiger partial charge in [0.2, 0.25) is 11.9 Å². The summed E-state index contributed by atoms with van der Waals surface area (Å²) in [6, 6.07) is -0.621. The molecule has 2 atom stereocenters. The number of hydrogen-bond acceptors (Lipinski definition) is 3. The molecular weight excluding hydrogens is 268 g/mol. The largest absolute Gasteiger partial charge is 0.356 e. The average Bonchev–Trinajstić information content (AvgIpc) is 3.16. The summed E-state index contributed by atoms with van der Waals surface area (Å²) >= 11 is 0. The summed E-state index contributed by atoms with van der Waals surface area (Å²) in [5, 5.41) is 13.6. The number of nitro groups is 1. The molecule has 1 N–H and O–H groups in total. The molecule has 1 amide bonds. The van der Waals surface area contributed by atoms with Gasteiger partial charge < -0.3 is 5.32 Å². The molecule has 5 saturated carbocycles. The van der Waals surface area contributed by atoms with Crippen LogP contribution in [0.15, 0.2) is 0 Å². The first-order valence-electron chi connectivity index (χ1n) is 8.46. The first-order chi connectivity index (χ1) is 10.0. The van der Waals surface area contributed by atoms with E-state index in [2.05, 4.69) is 5.32 Å². The Morgan fingerprint density at radius 1 is 1.10 bits per heavy atom. The minimum absolute atomic E-state index is 0.0959. The van der Waals surface area contributed by atoms with Gasteiger partial charge in [-0.25, -0.2) is 0 Å². The fraction of sp³-hybridized carbons (Fsp3) is 0.938. The standard InChI is InChI=1S/C16H24N2O3/c19-15(13-6-14(13)18(20)21)17-2-1-16-7-10-3-11(8-16)5-12(4-10)9-16/h10-14H,1-9H2,(H,17,19)/t10?,11?,12?,13-,14+,16?/m0/s1. The molecule has 0 heterocycles. The number of nitrogens with zero attached hydrogens (tertiary/aromatic N) is 1. The zero-order valence-corrected chi connectivity index (χ0v) is 12.4. The summed E-state index contributed by atoms with van der Waals surface area (Å²) in [7, 11) is 0. The van der Waals surface area contributed by atoms with Crippen molar-refractivity contribution in [1.29, 1.82) is 0 Å². The van der Waals surface area contributed by atoms with Crippen molar-refractivity contribution in [3.8, 4) is 0 Å². The van der Waals surface area contributed by atoms with E-state index in [0.717, 1.165) is 24.2 Å². The van der Waals surface area contributed by atoms with Gasteiger partial charge >= 0.3 is 0 Å². The zero-order chi connectivity index (χ0) is 14.6. The molecule has 5 aliphatic carbocycles. The van der Waals surface area contributed by atoms with Crippen LogP contribution >= 0.6 is 0 Å². The minimum atomic E-state index is -0.621. The fourth-order valence-electron chi connectivity index (χ4n) is 5.87. The molecule has 0 aromatic heterocycles. The van der Waals surface area contributed by atoms with E-state index in [-0.39, 0.29) is 16.7 Å². The zero-order valence-electron chi connectivity index (χ0n) is 12.4. The third-order valence-corrected chi connectivity index (χ3v) is 6.48. The van der Waals surface area contributed by atoms with Crippen LogP contribution in [-0.4, -0.2) is 23.4 Å². The van der Waals surface area contributed by atoms with Crippen LogP contribution in [-0.2, 0) is 4.79 Å². The van der Waals surface area contributed by atoms with E-state index in [1.54, 1.807) is 0 Å². The maximum absolute atomic E-state index is 11.9. The fourth-order valence-corrected chi connectivity index (χ4v) is 5.87. The Bertz CT molecular complexity index is 441. The third kappa shape index (κ3) is 2.44. The predicted molar refractivity (Wildman–Crippen MR) is 77.1 cm³/mol. The van der Waals surface area contributed by atoms with E-state index in [9.17, 15) is 14.9 Å². The number of carbonyl (C=O) groups excluding carboxylic acids is 1. The Morgan fingerprint density at radius 2 is 1.67 bits per heavy atom. The number of rotatable bonds is 5. The van der Waals surface area contributed by atoms with Crippen molar-refractivity contribution in [3.63, 3.8) is 0 Å². The van der Waals surface area contributed by atoms with Crippen molar-refractivity contribution in [3.05, 3.63) is 10.1 Å². The van der Waals surface area contributed by atoms with Crippen molar-refractivity contribution >= 4 is 5.91 Å². The molecule has 0 aromatic rings. The molecule has 5 heteroatoms. The Labute approximate surface area is 125 Å². The summed E-state index contributed by atoms with van der Waals surface area (Å²) in [6.45, 7) is 0.714. The molecule has 0 saturated heterocycles. The highest BCUT2D eigenvalue weighted by molar-refractivity contribution is 5.81. The van der Waals surface area contributed by atoms with Gasteiger partial charge in [-0.15, -0.1) is 0 Å².